The molecule has 0 aromatic heterocycles. The maximum Gasteiger partial charge on any atom is 0.345 e. The van der Waals surface area contributed by atoms with Crippen molar-refractivity contribution in [2.45, 2.75) is 12.5 Å². The Bertz CT molecular complexity index is 548. The molecule has 1 atom stereocenters. The number of methoxy groups -OCH3 is 1. The number of rotatable bonds is 6. The topological polar surface area (TPSA) is 55.8 Å². The molecular formula is C16H16O4. The van der Waals surface area contributed by atoms with E-state index in [4.69, 9.17) is 9.47 Å². The Morgan fingerprint density at radius 3 is 2.25 bits per heavy atom. The second-order valence-corrected chi connectivity index (χ2v) is 4.31. The SMILES string of the molecule is COc1ccc(C[C@H](Oc2ccccc2)C(=O)O)cc1. The highest BCUT2D eigenvalue weighted by atomic mass is 16.5. The molecule has 0 bridgehead atoms. The molecule has 4 nitrogen and oxygen atoms in total. The van der Waals surface area contributed by atoms with E-state index >= 15 is 0 Å². The first-order valence-electron chi connectivity index (χ1n) is 6.26. The summed E-state index contributed by atoms with van der Waals surface area (Å²) in [5.74, 6) is 0.308. The highest BCUT2D eigenvalue weighted by molar-refractivity contribution is 5.73. The minimum absolute atomic E-state index is 0.300. The van der Waals surface area contributed by atoms with Crippen LogP contribution >= 0.6 is 0 Å². The first-order valence-corrected chi connectivity index (χ1v) is 6.26. The van der Waals surface area contributed by atoms with Crippen LogP contribution in [0.15, 0.2) is 54.6 Å². The lowest BCUT2D eigenvalue weighted by Crippen LogP contribution is -2.29. The third-order valence-corrected chi connectivity index (χ3v) is 2.88. The molecule has 20 heavy (non-hydrogen) atoms. The second kappa shape index (κ2) is 6.61. The fourth-order valence-electron chi connectivity index (χ4n) is 1.82. The maximum absolute atomic E-state index is 11.3. The number of para-hydroxylation sites is 1. The molecule has 0 fully saturated rings. The molecule has 104 valence electrons. The molecule has 0 amide bonds. The van der Waals surface area contributed by atoms with E-state index in [1.807, 2.05) is 30.3 Å². The number of hydrogen-bond acceptors (Lipinski definition) is 3. The van der Waals surface area contributed by atoms with Gasteiger partial charge >= 0.3 is 5.97 Å². The Kier molecular flexibility index (Phi) is 4.60. The van der Waals surface area contributed by atoms with Crippen molar-refractivity contribution in [3.8, 4) is 11.5 Å². The molecule has 2 rings (SSSR count). The van der Waals surface area contributed by atoms with Crippen LogP contribution in [0.5, 0.6) is 11.5 Å². The van der Waals surface area contributed by atoms with Crippen LogP contribution in [-0.4, -0.2) is 24.3 Å². The van der Waals surface area contributed by atoms with Crippen molar-refractivity contribution in [2.75, 3.05) is 7.11 Å². The normalized spacial score (nSPS) is 11.7. The zero-order valence-electron chi connectivity index (χ0n) is 11.2. The van der Waals surface area contributed by atoms with Crippen molar-refractivity contribution in [1.82, 2.24) is 0 Å². The van der Waals surface area contributed by atoms with E-state index in [1.54, 1.807) is 31.4 Å². The summed E-state index contributed by atoms with van der Waals surface area (Å²) in [4.78, 5) is 11.3. The van der Waals surface area contributed by atoms with Crippen LogP contribution in [0.2, 0.25) is 0 Å². The molecule has 0 unspecified atom stereocenters. The summed E-state index contributed by atoms with van der Waals surface area (Å²) in [7, 11) is 1.59. The lowest BCUT2D eigenvalue weighted by Gasteiger charge is -2.15. The van der Waals surface area contributed by atoms with E-state index in [0.29, 0.717) is 12.2 Å². The van der Waals surface area contributed by atoms with Crippen LogP contribution < -0.4 is 9.47 Å². The summed E-state index contributed by atoms with van der Waals surface area (Å²) < 4.78 is 10.6. The van der Waals surface area contributed by atoms with Gasteiger partial charge in [-0.2, -0.15) is 0 Å². The fourth-order valence-corrected chi connectivity index (χ4v) is 1.82. The zero-order valence-corrected chi connectivity index (χ0v) is 11.2. The molecule has 2 aromatic carbocycles. The quantitative estimate of drug-likeness (QED) is 0.878. The number of aliphatic carboxylic acids is 1. The molecule has 0 radical (unpaired) electrons. The van der Waals surface area contributed by atoms with Gasteiger partial charge in [0.1, 0.15) is 11.5 Å². The summed E-state index contributed by atoms with van der Waals surface area (Å²) in [5, 5.41) is 9.25. The molecule has 0 spiro atoms. The average Bonchev–Trinajstić information content (AvgIpc) is 2.48. The third-order valence-electron chi connectivity index (χ3n) is 2.88. The van der Waals surface area contributed by atoms with Gasteiger partial charge in [0.05, 0.1) is 7.11 Å². The van der Waals surface area contributed by atoms with Crippen molar-refractivity contribution in [3.63, 3.8) is 0 Å². The third kappa shape index (κ3) is 3.75. The molecule has 0 aliphatic rings. The molecule has 4 heteroatoms. The smallest absolute Gasteiger partial charge is 0.345 e. The van der Waals surface area contributed by atoms with Gasteiger partial charge in [-0.25, -0.2) is 4.79 Å². The summed E-state index contributed by atoms with van der Waals surface area (Å²) >= 11 is 0. The van der Waals surface area contributed by atoms with Gasteiger partial charge in [-0.3, -0.25) is 0 Å². The van der Waals surface area contributed by atoms with Crippen LogP contribution in [-0.2, 0) is 11.2 Å². The van der Waals surface area contributed by atoms with E-state index in [0.717, 1.165) is 11.3 Å². The van der Waals surface area contributed by atoms with Gasteiger partial charge in [0.15, 0.2) is 6.10 Å². The fraction of sp³-hybridized carbons (Fsp3) is 0.188. The number of carbonyl (C=O) groups is 1. The first kappa shape index (κ1) is 13.9. The lowest BCUT2D eigenvalue weighted by atomic mass is 10.1. The number of ether oxygens (including phenoxy) is 2. The van der Waals surface area contributed by atoms with Gasteiger partial charge in [0.2, 0.25) is 0 Å². The number of benzene rings is 2. The van der Waals surface area contributed by atoms with E-state index in [1.165, 1.54) is 0 Å². The average molecular weight is 272 g/mol. The molecular weight excluding hydrogens is 256 g/mol. The van der Waals surface area contributed by atoms with Crippen LogP contribution in [0.3, 0.4) is 0 Å². The van der Waals surface area contributed by atoms with Gasteiger partial charge in [-0.1, -0.05) is 30.3 Å². The Hall–Kier alpha value is -2.49. The summed E-state index contributed by atoms with van der Waals surface area (Å²) in [5.41, 5.74) is 0.883. The van der Waals surface area contributed by atoms with Crippen molar-refractivity contribution in [3.05, 3.63) is 60.2 Å². The standard InChI is InChI=1S/C16H16O4/c1-19-13-9-7-12(8-10-13)11-15(16(17)18)20-14-5-3-2-4-6-14/h2-10,15H,11H2,1H3,(H,17,18)/t15-/m0/s1. The van der Waals surface area contributed by atoms with Crippen LogP contribution in [0.4, 0.5) is 0 Å². The highest BCUT2D eigenvalue weighted by Crippen LogP contribution is 2.16. The van der Waals surface area contributed by atoms with Crippen molar-refractivity contribution < 1.29 is 19.4 Å². The van der Waals surface area contributed by atoms with E-state index in [-0.39, 0.29) is 0 Å². The summed E-state index contributed by atoms with van der Waals surface area (Å²) in [6.45, 7) is 0. The lowest BCUT2D eigenvalue weighted by molar-refractivity contribution is -0.145. The summed E-state index contributed by atoms with van der Waals surface area (Å²) in [6.07, 6.45) is -0.611. The zero-order chi connectivity index (χ0) is 14.4. The van der Waals surface area contributed by atoms with Crippen molar-refractivity contribution in [1.29, 1.82) is 0 Å². The molecule has 0 aliphatic heterocycles. The van der Waals surface area contributed by atoms with E-state index < -0.39 is 12.1 Å². The van der Waals surface area contributed by atoms with Gasteiger partial charge in [0, 0.05) is 6.42 Å². The van der Waals surface area contributed by atoms with Gasteiger partial charge in [-0.15, -0.1) is 0 Å². The Balaban J connectivity index is 2.07. The first-order chi connectivity index (χ1) is 9.69. The van der Waals surface area contributed by atoms with E-state index in [2.05, 4.69) is 0 Å². The second-order valence-electron chi connectivity index (χ2n) is 4.31. The predicted octanol–water partition coefficient (Wildman–Crippen LogP) is 2.77. The maximum atomic E-state index is 11.3. The van der Waals surface area contributed by atoms with Crippen LogP contribution in [0.1, 0.15) is 5.56 Å². The van der Waals surface area contributed by atoms with Crippen LogP contribution in [0, 0.1) is 0 Å². The highest BCUT2D eigenvalue weighted by Gasteiger charge is 2.20. The number of carboxylic acid groups (broad SMARTS) is 1. The molecule has 2 aromatic rings. The minimum atomic E-state index is -0.982. The van der Waals surface area contributed by atoms with Gasteiger partial charge in [0.25, 0.3) is 0 Å². The molecule has 1 N–H and O–H groups in total. The number of carboxylic acids is 1. The Morgan fingerprint density at radius 1 is 1.05 bits per heavy atom. The molecule has 0 saturated heterocycles. The summed E-state index contributed by atoms with van der Waals surface area (Å²) in [6, 6.07) is 16.2. The Morgan fingerprint density at radius 2 is 1.70 bits per heavy atom. The monoisotopic (exact) mass is 272 g/mol. The number of hydrogen-bond donors (Lipinski definition) is 1. The van der Waals surface area contributed by atoms with Crippen molar-refractivity contribution in [2.24, 2.45) is 0 Å². The van der Waals surface area contributed by atoms with Gasteiger partial charge in [-0.05, 0) is 29.8 Å². The van der Waals surface area contributed by atoms with E-state index in [9.17, 15) is 9.90 Å². The van der Waals surface area contributed by atoms with Gasteiger partial charge < -0.3 is 14.6 Å². The predicted molar refractivity (Wildman–Crippen MR) is 75.2 cm³/mol. The largest absolute Gasteiger partial charge is 0.497 e. The molecule has 0 saturated carbocycles. The Labute approximate surface area is 117 Å². The van der Waals surface area contributed by atoms with Crippen molar-refractivity contribution >= 4 is 5.97 Å². The molecule has 0 heterocycles. The van der Waals surface area contributed by atoms with Crippen LogP contribution in [0.25, 0.3) is 0 Å². The minimum Gasteiger partial charge on any atom is -0.497 e. The molecule has 0 aliphatic carbocycles.